The van der Waals surface area contributed by atoms with Crippen molar-refractivity contribution in [3.05, 3.63) is 29.8 Å². The predicted molar refractivity (Wildman–Crippen MR) is 84.1 cm³/mol. The van der Waals surface area contributed by atoms with Crippen LogP contribution in [0, 0.1) is 11.8 Å². The first kappa shape index (κ1) is 17.0. The van der Waals surface area contributed by atoms with Crippen molar-refractivity contribution in [2.45, 2.75) is 34.2 Å². The van der Waals surface area contributed by atoms with Crippen molar-refractivity contribution in [3.8, 4) is 5.75 Å². The fraction of sp³-hybridized carbons (Fsp3) is 0.647. The highest BCUT2D eigenvalue weighted by Crippen LogP contribution is 2.17. The van der Waals surface area contributed by atoms with E-state index in [1.165, 1.54) is 5.56 Å². The molecule has 0 radical (unpaired) electrons. The lowest BCUT2D eigenvalue weighted by molar-refractivity contribution is 0.0816. The van der Waals surface area contributed by atoms with Crippen molar-refractivity contribution in [1.82, 2.24) is 5.32 Å². The summed E-state index contributed by atoms with van der Waals surface area (Å²) in [5, 5.41) is 3.45. The Balaban J connectivity index is 2.33. The number of benzene rings is 1. The minimum Gasteiger partial charge on any atom is -0.491 e. The molecule has 0 heterocycles. The van der Waals surface area contributed by atoms with Gasteiger partial charge >= 0.3 is 0 Å². The van der Waals surface area contributed by atoms with Gasteiger partial charge < -0.3 is 14.8 Å². The zero-order valence-electron chi connectivity index (χ0n) is 13.3. The molecule has 1 aromatic rings. The van der Waals surface area contributed by atoms with Crippen LogP contribution >= 0.6 is 0 Å². The SMILES string of the molecule is CC(C)CNCc1ccccc1OCCOCC(C)C. The number of ether oxygens (including phenoxy) is 2. The Labute approximate surface area is 123 Å². The summed E-state index contributed by atoms with van der Waals surface area (Å²) < 4.78 is 11.3. The first-order valence-corrected chi connectivity index (χ1v) is 7.58. The molecule has 0 saturated heterocycles. The van der Waals surface area contributed by atoms with E-state index in [2.05, 4.69) is 45.1 Å². The maximum Gasteiger partial charge on any atom is 0.123 e. The molecule has 0 spiro atoms. The van der Waals surface area contributed by atoms with Crippen LogP contribution in [-0.2, 0) is 11.3 Å². The molecule has 1 aromatic carbocycles. The molecule has 3 heteroatoms. The van der Waals surface area contributed by atoms with E-state index >= 15 is 0 Å². The molecule has 20 heavy (non-hydrogen) atoms. The van der Waals surface area contributed by atoms with Gasteiger partial charge in [-0.3, -0.25) is 0 Å². The van der Waals surface area contributed by atoms with Crippen LogP contribution in [0.2, 0.25) is 0 Å². The van der Waals surface area contributed by atoms with Crippen LogP contribution in [0.4, 0.5) is 0 Å². The van der Waals surface area contributed by atoms with Gasteiger partial charge in [0.05, 0.1) is 6.61 Å². The smallest absolute Gasteiger partial charge is 0.123 e. The Hall–Kier alpha value is -1.06. The summed E-state index contributed by atoms with van der Waals surface area (Å²) >= 11 is 0. The highest BCUT2D eigenvalue weighted by atomic mass is 16.5. The molecule has 0 atom stereocenters. The van der Waals surface area contributed by atoms with Crippen LogP contribution in [-0.4, -0.2) is 26.4 Å². The van der Waals surface area contributed by atoms with Crippen LogP contribution in [0.25, 0.3) is 0 Å². The zero-order valence-corrected chi connectivity index (χ0v) is 13.3. The number of rotatable bonds is 10. The predicted octanol–water partition coefficient (Wildman–Crippen LogP) is 3.48. The fourth-order valence-corrected chi connectivity index (χ4v) is 1.82. The van der Waals surface area contributed by atoms with Gasteiger partial charge in [0.2, 0.25) is 0 Å². The second-order valence-corrected chi connectivity index (χ2v) is 5.95. The average Bonchev–Trinajstić information content (AvgIpc) is 2.39. The van der Waals surface area contributed by atoms with Crippen molar-refractivity contribution >= 4 is 0 Å². The number of hydrogen-bond donors (Lipinski definition) is 1. The summed E-state index contributed by atoms with van der Waals surface area (Å²) in [5.41, 5.74) is 1.21. The van der Waals surface area contributed by atoms with Gasteiger partial charge in [0, 0.05) is 18.7 Å². The molecule has 1 N–H and O–H groups in total. The number of nitrogens with one attached hydrogen (secondary N) is 1. The summed E-state index contributed by atoms with van der Waals surface area (Å²) in [7, 11) is 0. The third-order valence-corrected chi connectivity index (χ3v) is 2.78. The summed E-state index contributed by atoms with van der Waals surface area (Å²) in [6.45, 7) is 12.6. The van der Waals surface area contributed by atoms with Crippen molar-refractivity contribution in [3.63, 3.8) is 0 Å². The minimum atomic E-state index is 0.572. The quantitative estimate of drug-likeness (QED) is 0.665. The zero-order chi connectivity index (χ0) is 14.8. The van der Waals surface area contributed by atoms with Crippen LogP contribution in [0.1, 0.15) is 33.3 Å². The fourth-order valence-electron chi connectivity index (χ4n) is 1.82. The van der Waals surface area contributed by atoms with E-state index in [4.69, 9.17) is 9.47 Å². The van der Waals surface area contributed by atoms with E-state index in [-0.39, 0.29) is 0 Å². The first-order valence-electron chi connectivity index (χ1n) is 7.58. The lowest BCUT2D eigenvalue weighted by Crippen LogP contribution is -2.19. The van der Waals surface area contributed by atoms with Gasteiger partial charge in [-0.25, -0.2) is 0 Å². The monoisotopic (exact) mass is 279 g/mol. The maximum atomic E-state index is 5.81. The average molecular weight is 279 g/mol. The van der Waals surface area contributed by atoms with Gasteiger partial charge in [0.1, 0.15) is 12.4 Å². The van der Waals surface area contributed by atoms with E-state index < -0.39 is 0 Å². The van der Waals surface area contributed by atoms with E-state index in [0.717, 1.165) is 25.4 Å². The second-order valence-electron chi connectivity index (χ2n) is 5.95. The molecule has 0 fully saturated rings. The molecule has 114 valence electrons. The molecule has 1 rings (SSSR count). The van der Waals surface area contributed by atoms with Gasteiger partial charge in [-0.15, -0.1) is 0 Å². The van der Waals surface area contributed by atoms with Crippen LogP contribution in [0.15, 0.2) is 24.3 Å². The Bertz CT molecular complexity index is 364. The third kappa shape index (κ3) is 7.51. The van der Waals surface area contributed by atoms with E-state index in [1.807, 2.05) is 12.1 Å². The van der Waals surface area contributed by atoms with Gasteiger partial charge in [0.25, 0.3) is 0 Å². The molecule has 0 unspecified atom stereocenters. The maximum absolute atomic E-state index is 5.81. The molecule has 0 amide bonds. The molecule has 0 aliphatic carbocycles. The summed E-state index contributed by atoms with van der Waals surface area (Å²) in [6, 6.07) is 8.19. The minimum absolute atomic E-state index is 0.572. The van der Waals surface area contributed by atoms with Gasteiger partial charge in [-0.2, -0.15) is 0 Å². The molecule has 0 aromatic heterocycles. The number of para-hydroxylation sites is 1. The summed E-state index contributed by atoms with van der Waals surface area (Å²) in [5.74, 6) is 2.19. The second kappa shape index (κ2) is 9.78. The largest absolute Gasteiger partial charge is 0.491 e. The number of hydrogen-bond acceptors (Lipinski definition) is 3. The van der Waals surface area contributed by atoms with Gasteiger partial charge in [-0.1, -0.05) is 45.9 Å². The molecule has 0 aliphatic heterocycles. The summed E-state index contributed by atoms with van der Waals surface area (Å²) in [6.07, 6.45) is 0. The highest BCUT2D eigenvalue weighted by Gasteiger charge is 2.03. The van der Waals surface area contributed by atoms with E-state index in [0.29, 0.717) is 25.0 Å². The Morgan fingerprint density at radius 1 is 1.00 bits per heavy atom. The Morgan fingerprint density at radius 2 is 1.75 bits per heavy atom. The van der Waals surface area contributed by atoms with Crippen LogP contribution in [0.3, 0.4) is 0 Å². The molecule has 3 nitrogen and oxygen atoms in total. The normalized spacial score (nSPS) is 11.3. The van der Waals surface area contributed by atoms with Crippen molar-refractivity contribution in [2.24, 2.45) is 11.8 Å². The third-order valence-electron chi connectivity index (χ3n) is 2.78. The lowest BCUT2D eigenvalue weighted by Gasteiger charge is -2.13. The Kier molecular flexibility index (Phi) is 8.31. The van der Waals surface area contributed by atoms with Crippen LogP contribution < -0.4 is 10.1 Å². The summed E-state index contributed by atoms with van der Waals surface area (Å²) in [4.78, 5) is 0. The highest BCUT2D eigenvalue weighted by molar-refractivity contribution is 5.33. The molecule has 0 saturated carbocycles. The molecular weight excluding hydrogens is 250 g/mol. The Morgan fingerprint density at radius 3 is 2.45 bits per heavy atom. The van der Waals surface area contributed by atoms with E-state index in [1.54, 1.807) is 0 Å². The van der Waals surface area contributed by atoms with Crippen molar-refractivity contribution in [1.29, 1.82) is 0 Å². The van der Waals surface area contributed by atoms with E-state index in [9.17, 15) is 0 Å². The standard InChI is InChI=1S/C17H29NO2/c1-14(2)11-18-12-16-7-5-6-8-17(16)20-10-9-19-13-15(3)4/h5-8,14-15,18H,9-13H2,1-4H3. The van der Waals surface area contributed by atoms with Crippen LogP contribution in [0.5, 0.6) is 5.75 Å². The van der Waals surface area contributed by atoms with Gasteiger partial charge in [0.15, 0.2) is 0 Å². The lowest BCUT2D eigenvalue weighted by atomic mass is 10.2. The first-order chi connectivity index (χ1) is 9.59. The molecular formula is C17H29NO2. The molecule has 0 bridgehead atoms. The molecule has 0 aliphatic rings. The topological polar surface area (TPSA) is 30.5 Å². The van der Waals surface area contributed by atoms with Crippen molar-refractivity contribution in [2.75, 3.05) is 26.4 Å². The van der Waals surface area contributed by atoms with Crippen molar-refractivity contribution < 1.29 is 9.47 Å². The van der Waals surface area contributed by atoms with Gasteiger partial charge in [-0.05, 0) is 24.4 Å².